The molecule has 1 aliphatic carbocycles. The Morgan fingerprint density at radius 2 is 2.00 bits per heavy atom. The maximum Gasteiger partial charge on any atom is 0.0342 e. The summed E-state index contributed by atoms with van der Waals surface area (Å²) >= 11 is 5.67. The maximum atomic E-state index is 5.67. The van der Waals surface area contributed by atoms with E-state index in [4.69, 9.17) is 17.3 Å². The first-order chi connectivity index (χ1) is 3.33. The fraction of sp³-hybridized carbons (Fsp3) is 1.00. The summed E-state index contributed by atoms with van der Waals surface area (Å²) in [7, 11) is 0. The van der Waals surface area contributed by atoms with Gasteiger partial charge in [0.2, 0.25) is 0 Å². The third-order valence-corrected chi connectivity index (χ3v) is 1.87. The Bertz CT molecular complexity index is 61.4. The summed E-state index contributed by atoms with van der Waals surface area (Å²) in [6.07, 6.45) is 2.27. The van der Waals surface area contributed by atoms with Crippen LogP contribution in [0.15, 0.2) is 0 Å². The molecule has 1 rings (SSSR count). The van der Waals surface area contributed by atoms with Crippen LogP contribution >= 0.6 is 24.0 Å². The molecular formula is C5H11Cl2N. The van der Waals surface area contributed by atoms with Crippen LogP contribution in [-0.4, -0.2) is 11.9 Å². The Hall–Kier alpha value is 0.540. The summed E-state index contributed by atoms with van der Waals surface area (Å²) in [5.41, 5.74) is 5.34. The minimum absolute atomic E-state index is 0. The van der Waals surface area contributed by atoms with E-state index in [1.165, 1.54) is 0 Å². The van der Waals surface area contributed by atoms with Crippen LogP contribution in [-0.2, 0) is 0 Å². The molecule has 0 spiro atoms. The third kappa shape index (κ3) is 1.81. The second kappa shape index (κ2) is 3.54. The predicted molar refractivity (Wildman–Crippen MR) is 38.7 cm³/mol. The molecule has 0 saturated heterocycles. The highest BCUT2D eigenvalue weighted by atomic mass is 35.5. The number of hydrogen-bond donors (Lipinski definition) is 1. The Kier molecular flexibility index (Phi) is 3.78. The molecule has 50 valence electrons. The first-order valence-electron chi connectivity index (χ1n) is 2.67. The van der Waals surface area contributed by atoms with Crippen molar-refractivity contribution in [3.63, 3.8) is 0 Å². The Morgan fingerprint density at radius 3 is 2.12 bits per heavy atom. The highest BCUT2D eigenvalue weighted by molar-refractivity contribution is 6.21. The zero-order chi connectivity index (χ0) is 5.28. The number of halogens is 2. The van der Waals surface area contributed by atoms with Gasteiger partial charge in [0, 0.05) is 5.38 Å². The molecule has 0 aliphatic heterocycles. The van der Waals surface area contributed by atoms with Crippen LogP contribution in [0.2, 0.25) is 0 Å². The van der Waals surface area contributed by atoms with E-state index >= 15 is 0 Å². The van der Waals surface area contributed by atoms with Gasteiger partial charge in [-0.3, -0.25) is 0 Å². The summed E-state index contributed by atoms with van der Waals surface area (Å²) in [6, 6.07) is 0. The molecule has 1 saturated carbocycles. The highest BCUT2D eigenvalue weighted by Gasteiger charge is 2.25. The summed E-state index contributed by atoms with van der Waals surface area (Å²) in [6.45, 7) is 0.823. The molecular weight excluding hydrogens is 145 g/mol. The van der Waals surface area contributed by atoms with Gasteiger partial charge in [0.25, 0.3) is 0 Å². The van der Waals surface area contributed by atoms with Gasteiger partial charge in [-0.2, -0.15) is 0 Å². The molecule has 0 radical (unpaired) electrons. The van der Waals surface area contributed by atoms with E-state index in [1.54, 1.807) is 0 Å². The van der Waals surface area contributed by atoms with Crippen molar-refractivity contribution in [3.05, 3.63) is 0 Å². The van der Waals surface area contributed by atoms with Crippen molar-refractivity contribution in [2.24, 2.45) is 11.7 Å². The molecule has 0 aromatic rings. The van der Waals surface area contributed by atoms with Crippen LogP contribution in [0.4, 0.5) is 0 Å². The lowest BCUT2D eigenvalue weighted by atomic mass is 9.85. The van der Waals surface area contributed by atoms with E-state index in [-0.39, 0.29) is 12.4 Å². The van der Waals surface area contributed by atoms with Gasteiger partial charge in [0.15, 0.2) is 0 Å². The van der Waals surface area contributed by atoms with E-state index in [0.717, 1.165) is 25.3 Å². The second-order valence-corrected chi connectivity index (χ2v) is 2.79. The molecule has 0 amide bonds. The minimum atomic E-state index is 0. The van der Waals surface area contributed by atoms with Crippen LogP contribution in [0.5, 0.6) is 0 Å². The lowest BCUT2D eigenvalue weighted by molar-refractivity contribution is 0.333. The molecule has 0 bridgehead atoms. The van der Waals surface area contributed by atoms with Crippen molar-refractivity contribution in [3.8, 4) is 0 Å². The van der Waals surface area contributed by atoms with Gasteiger partial charge in [-0.1, -0.05) is 0 Å². The lowest BCUT2D eigenvalue weighted by Gasteiger charge is -2.29. The van der Waals surface area contributed by atoms with Crippen molar-refractivity contribution in [1.82, 2.24) is 0 Å². The third-order valence-electron chi connectivity index (χ3n) is 1.51. The van der Waals surface area contributed by atoms with Crippen molar-refractivity contribution in [2.45, 2.75) is 18.2 Å². The normalized spacial score (nSPS) is 35.2. The molecule has 3 heteroatoms. The number of nitrogens with two attached hydrogens (primary N) is 1. The molecule has 1 fully saturated rings. The number of alkyl halides is 1. The molecule has 0 aromatic carbocycles. The Balaban J connectivity index is 0.000000490. The first kappa shape index (κ1) is 8.54. The number of hydrogen-bond acceptors (Lipinski definition) is 1. The minimum Gasteiger partial charge on any atom is -0.330 e. The van der Waals surface area contributed by atoms with Gasteiger partial charge >= 0.3 is 0 Å². The Morgan fingerprint density at radius 1 is 1.50 bits per heavy atom. The van der Waals surface area contributed by atoms with E-state index in [9.17, 15) is 0 Å². The van der Waals surface area contributed by atoms with Crippen molar-refractivity contribution in [1.29, 1.82) is 0 Å². The van der Waals surface area contributed by atoms with Crippen LogP contribution in [0.1, 0.15) is 12.8 Å². The predicted octanol–water partition coefficient (Wildman–Crippen LogP) is 1.38. The summed E-state index contributed by atoms with van der Waals surface area (Å²) in [5, 5.41) is 0.438. The SMILES string of the molecule is Cl.NCC1CC(Cl)C1. The average molecular weight is 156 g/mol. The van der Waals surface area contributed by atoms with Crippen molar-refractivity contribution in [2.75, 3.05) is 6.54 Å². The summed E-state index contributed by atoms with van der Waals surface area (Å²) in [5.74, 6) is 0.738. The van der Waals surface area contributed by atoms with E-state index in [0.29, 0.717) is 5.38 Å². The zero-order valence-electron chi connectivity index (χ0n) is 4.64. The first-order valence-corrected chi connectivity index (χ1v) is 3.10. The molecule has 1 aliphatic rings. The fourth-order valence-electron chi connectivity index (χ4n) is 0.847. The van der Waals surface area contributed by atoms with E-state index in [2.05, 4.69) is 0 Å². The van der Waals surface area contributed by atoms with Crippen LogP contribution in [0.3, 0.4) is 0 Å². The van der Waals surface area contributed by atoms with Gasteiger partial charge in [-0.25, -0.2) is 0 Å². The van der Waals surface area contributed by atoms with Gasteiger partial charge in [-0.05, 0) is 25.3 Å². The highest BCUT2D eigenvalue weighted by Crippen LogP contribution is 2.30. The van der Waals surface area contributed by atoms with Gasteiger partial charge < -0.3 is 5.73 Å². The van der Waals surface area contributed by atoms with Crippen LogP contribution in [0, 0.1) is 5.92 Å². The molecule has 0 heterocycles. The van der Waals surface area contributed by atoms with E-state index in [1.807, 2.05) is 0 Å². The smallest absolute Gasteiger partial charge is 0.0342 e. The Labute approximate surface area is 61.0 Å². The van der Waals surface area contributed by atoms with Crippen LogP contribution < -0.4 is 5.73 Å². The quantitative estimate of drug-likeness (QED) is 0.570. The fourth-order valence-corrected chi connectivity index (χ4v) is 1.35. The van der Waals surface area contributed by atoms with E-state index < -0.39 is 0 Å². The zero-order valence-corrected chi connectivity index (χ0v) is 6.21. The van der Waals surface area contributed by atoms with Gasteiger partial charge in [-0.15, -0.1) is 24.0 Å². The van der Waals surface area contributed by atoms with Crippen molar-refractivity contribution < 1.29 is 0 Å². The second-order valence-electron chi connectivity index (χ2n) is 2.17. The average Bonchev–Trinajstić information content (AvgIpc) is 1.58. The molecule has 8 heavy (non-hydrogen) atoms. The molecule has 0 aromatic heterocycles. The molecule has 0 unspecified atom stereocenters. The largest absolute Gasteiger partial charge is 0.330 e. The lowest BCUT2D eigenvalue weighted by Crippen LogP contribution is -2.30. The molecule has 2 N–H and O–H groups in total. The molecule has 1 nitrogen and oxygen atoms in total. The standard InChI is InChI=1S/C5H10ClN.ClH/c6-5-1-4(2-5)3-7;/h4-5H,1-3,7H2;1H. The topological polar surface area (TPSA) is 26.0 Å². The monoisotopic (exact) mass is 155 g/mol. The molecule has 0 atom stereocenters. The van der Waals surface area contributed by atoms with Crippen molar-refractivity contribution >= 4 is 24.0 Å². The van der Waals surface area contributed by atoms with Crippen LogP contribution in [0.25, 0.3) is 0 Å². The van der Waals surface area contributed by atoms with Gasteiger partial charge in [0.1, 0.15) is 0 Å². The number of rotatable bonds is 1. The summed E-state index contributed by atoms with van der Waals surface area (Å²) in [4.78, 5) is 0. The van der Waals surface area contributed by atoms with Gasteiger partial charge in [0.05, 0.1) is 0 Å². The summed E-state index contributed by atoms with van der Waals surface area (Å²) < 4.78 is 0. The maximum absolute atomic E-state index is 5.67.